The Labute approximate surface area is 182 Å². The van der Waals surface area contributed by atoms with Crippen molar-refractivity contribution in [3.05, 3.63) is 94.4 Å². The van der Waals surface area contributed by atoms with Crippen LogP contribution in [0.25, 0.3) is 0 Å². The number of hydrogen-bond acceptors (Lipinski definition) is 3. The smallest absolute Gasteiger partial charge is 0.287 e. The molecular formula is C25H27ClN2O2. The first-order chi connectivity index (χ1) is 14.7. The molecule has 2 heterocycles. The first-order valence-corrected chi connectivity index (χ1v) is 10.9. The number of rotatable bonds is 7. The molecule has 1 fully saturated rings. The van der Waals surface area contributed by atoms with Crippen LogP contribution in [0.15, 0.2) is 71.3 Å². The zero-order chi connectivity index (χ0) is 20.8. The molecular weight excluding hydrogens is 396 g/mol. The third-order valence-electron chi connectivity index (χ3n) is 5.74. The van der Waals surface area contributed by atoms with E-state index in [4.69, 9.17) is 16.0 Å². The highest BCUT2D eigenvalue weighted by atomic mass is 35.5. The number of nitrogens with one attached hydrogen (secondary N) is 1. The average Bonchev–Trinajstić information content (AvgIpc) is 3.24. The summed E-state index contributed by atoms with van der Waals surface area (Å²) in [7, 11) is 0. The molecule has 1 aromatic heterocycles. The molecule has 4 nitrogen and oxygen atoms in total. The van der Waals surface area contributed by atoms with Crippen LogP contribution in [0.2, 0.25) is 5.02 Å². The molecule has 0 bridgehead atoms. The van der Waals surface area contributed by atoms with Crippen molar-refractivity contribution >= 4 is 17.5 Å². The average molecular weight is 423 g/mol. The molecule has 0 atom stereocenters. The zero-order valence-electron chi connectivity index (χ0n) is 17.0. The van der Waals surface area contributed by atoms with Gasteiger partial charge in [0.2, 0.25) is 0 Å². The lowest BCUT2D eigenvalue weighted by Gasteiger charge is -2.32. The SMILES string of the molecule is O=C(NC1CCN(CCc2ccccc2)CC1)c1occc1Cc1ccc(Cl)cc1. The van der Waals surface area contributed by atoms with Gasteiger partial charge in [0, 0.05) is 42.7 Å². The van der Waals surface area contributed by atoms with E-state index in [0.29, 0.717) is 17.2 Å². The van der Waals surface area contributed by atoms with Crippen LogP contribution in [0.3, 0.4) is 0 Å². The fourth-order valence-corrected chi connectivity index (χ4v) is 4.11. The van der Waals surface area contributed by atoms with Gasteiger partial charge < -0.3 is 14.6 Å². The summed E-state index contributed by atoms with van der Waals surface area (Å²) in [5.74, 6) is 0.295. The van der Waals surface area contributed by atoms with Crippen molar-refractivity contribution in [3.63, 3.8) is 0 Å². The lowest BCUT2D eigenvalue weighted by Crippen LogP contribution is -2.45. The molecule has 1 saturated heterocycles. The van der Waals surface area contributed by atoms with Gasteiger partial charge in [-0.05, 0) is 48.6 Å². The Bertz CT molecular complexity index is 945. The molecule has 0 saturated carbocycles. The van der Waals surface area contributed by atoms with Crippen molar-refractivity contribution < 1.29 is 9.21 Å². The van der Waals surface area contributed by atoms with E-state index in [2.05, 4.69) is 40.5 Å². The molecule has 0 unspecified atom stereocenters. The van der Waals surface area contributed by atoms with Crippen molar-refractivity contribution in [2.24, 2.45) is 0 Å². The van der Waals surface area contributed by atoms with Crippen LogP contribution in [0.1, 0.15) is 40.1 Å². The van der Waals surface area contributed by atoms with Gasteiger partial charge in [-0.2, -0.15) is 0 Å². The Morgan fingerprint density at radius 2 is 1.73 bits per heavy atom. The second kappa shape index (κ2) is 9.96. The van der Waals surface area contributed by atoms with Crippen LogP contribution in [-0.2, 0) is 12.8 Å². The van der Waals surface area contributed by atoms with Crippen LogP contribution in [0.5, 0.6) is 0 Å². The summed E-state index contributed by atoms with van der Waals surface area (Å²) in [6.07, 6.45) is 5.24. The quantitative estimate of drug-likeness (QED) is 0.585. The first kappa shape index (κ1) is 20.7. The Morgan fingerprint density at radius 3 is 2.47 bits per heavy atom. The van der Waals surface area contributed by atoms with Crippen molar-refractivity contribution in [2.75, 3.05) is 19.6 Å². The summed E-state index contributed by atoms with van der Waals surface area (Å²) < 4.78 is 5.52. The van der Waals surface area contributed by atoms with E-state index in [0.717, 1.165) is 50.0 Å². The fourth-order valence-electron chi connectivity index (χ4n) is 3.98. The minimum absolute atomic E-state index is 0.119. The van der Waals surface area contributed by atoms with Gasteiger partial charge in [0.15, 0.2) is 5.76 Å². The summed E-state index contributed by atoms with van der Waals surface area (Å²) in [6.45, 7) is 3.08. The maximum Gasteiger partial charge on any atom is 0.287 e. The molecule has 4 rings (SSSR count). The van der Waals surface area contributed by atoms with E-state index in [1.807, 2.05) is 30.3 Å². The number of halogens is 1. The van der Waals surface area contributed by atoms with Gasteiger partial charge in [-0.1, -0.05) is 54.1 Å². The van der Waals surface area contributed by atoms with Crippen molar-refractivity contribution in [2.45, 2.75) is 31.7 Å². The second-order valence-corrected chi connectivity index (χ2v) is 8.34. The lowest BCUT2D eigenvalue weighted by molar-refractivity contribution is 0.0882. The van der Waals surface area contributed by atoms with Gasteiger partial charge in [0.25, 0.3) is 5.91 Å². The number of nitrogens with zero attached hydrogens (tertiary/aromatic N) is 1. The van der Waals surface area contributed by atoms with Crippen LogP contribution in [0, 0.1) is 0 Å². The Hall–Kier alpha value is -2.56. The molecule has 0 radical (unpaired) electrons. The number of benzene rings is 2. The summed E-state index contributed by atoms with van der Waals surface area (Å²) >= 11 is 5.96. The highest BCUT2D eigenvalue weighted by molar-refractivity contribution is 6.30. The second-order valence-electron chi connectivity index (χ2n) is 7.90. The van der Waals surface area contributed by atoms with E-state index in [-0.39, 0.29) is 11.9 Å². The molecule has 156 valence electrons. The number of amides is 1. The maximum atomic E-state index is 12.8. The highest BCUT2D eigenvalue weighted by Crippen LogP contribution is 2.19. The number of carbonyl (C=O) groups is 1. The number of carbonyl (C=O) groups excluding carboxylic acids is 1. The molecule has 1 amide bonds. The lowest BCUT2D eigenvalue weighted by atomic mass is 10.0. The zero-order valence-corrected chi connectivity index (χ0v) is 17.8. The normalized spacial score (nSPS) is 15.2. The summed E-state index contributed by atoms with van der Waals surface area (Å²) in [5, 5.41) is 3.88. The number of hydrogen-bond donors (Lipinski definition) is 1. The first-order valence-electron chi connectivity index (χ1n) is 10.6. The number of furan rings is 1. The van der Waals surface area contributed by atoms with Crippen LogP contribution in [0.4, 0.5) is 0 Å². The summed E-state index contributed by atoms with van der Waals surface area (Å²) in [4.78, 5) is 15.3. The Balaban J connectivity index is 1.26. The van der Waals surface area contributed by atoms with Crippen molar-refractivity contribution in [3.8, 4) is 0 Å². The van der Waals surface area contributed by atoms with Crippen LogP contribution >= 0.6 is 11.6 Å². The molecule has 1 aliphatic heterocycles. The molecule has 0 spiro atoms. The van der Waals surface area contributed by atoms with Crippen LogP contribution < -0.4 is 5.32 Å². The molecule has 1 N–H and O–H groups in total. The summed E-state index contributed by atoms with van der Waals surface area (Å²) in [6, 6.07) is 20.3. The Kier molecular flexibility index (Phi) is 6.88. The minimum Gasteiger partial charge on any atom is -0.459 e. The number of piperidine rings is 1. The molecule has 30 heavy (non-hydrogen) atoms. The van der Waals surface area contributed by atoms with Gasteiger partial charge in [0.1, 0.15) is 0 Å². The van der Waals surface area contributed by atoms with Crippen molar-refractivity contribution in [1.29, 1.82) is 0 Å². The molecule has 3 aromatic rings. The summed E-state index contributed by atoms with van der Waals surface area (Å²) in [5.41, 5.74) is 3.37. The third kappa shape index (κ3) is 5.53. The highest BCUT2D eigenvalue weighted by Gasteiger charge is 2.23. The van der Waals surface area contributed by atoms with E-state index >= 15 is 0 Å². The fraction of sp³-hybridized carbons (Fsp3) is 0.320. The monoisotopic (exact) mass is 422 g/mol. The van der Waals surface area contributed by atoms with Crippen molar-refractivity contribution in [1.82, 2.24) is 10.2 Å². The van der Waals surface area contributed by atoms with E-state index in [1.165, 1.54) is 5.56 Å². The van der Waals surface area contributed by atoms with Crippen LogP contribution in [-0.4, -0.2) is 36.5 Å². The molecule has 1 aliphatic rings. The predicted molar refractivity (Wildman–Crippen MR) is 120 cm³/mol. The topological polar surface area (TPSA) is 45.5 Å². The van der Waals surface area contributed by atoms with Gasteiger partial charge in [-0.3, -0.25) is 4.79 Å². The molecule has 0 aliphatic carbocycles. The minimum atomic E-state index is -0.119. The number of likely N-dealkylation sites (tertiary alicyclic amines) is 1. The van der Waals surface area contributed by atoms with E-state index < -0.39 is 0 Å². The van der Waals surface area contributed by atoms with E-state index in [9.17, 15) is 4.79 Å². The van der Waals surface area contributed by atoms with Gasteiger partial charge >= 0.3 is 0 Å². The molecule has 2 aromatic carbocycles. The maximum absolute atomic E-state index is 12.8. The van der Waals surface area contributed by atoms with Gasteiger partial charge in [-0.15, -0.1) is 0 Å². The third-order valence-corrected chi connectivity index (χ3v) is 6.00. The van der Waals surface area contributed by atoms with Gasteiger partial charge in [-0.25, -0.2) is 0 Å². The molecule has 5 heteroatoms. The van der Waals surface area contributed by atoms with E-state index in [1.54, 1.807) is 6.26 Å². The van der Waals surface area contributed by atoms with Gasteiger partial charge in [0.05, 0.1) is 6.26 Å². The standard InChI is InChI=1S/C25H27ClN2O2/c26-22-8-6-20(7-9-22)18-21-13-17-30-24(21)25(29)27-23-11-15-28(16-12-23)14-10-19-4-2-1-3-5-19/h1-9,13,17,23H,10-12,14-16,18H2,(H,27,29). The Morgan fingerprint density at radius 1 is 1.00 bits per heavy atom. The predicted octanol–water partition coefficient (Wildman–Crippen LogP) is 4.96. The largest absolute Gasteiger partial charge is 0.459 e.